The van der Waals surface area contributed by atoms with Crippen LogP contribution in [0.3, 0.4) is 0 Å². The van der Waals surface area contributed by atoms with E-state index in [1.807, 2.05) is 0 Å². The highest BCUT2D eigenvalue weighted by Crippen LogP contribution is 2.29. The minimum Gasteiger partial charge on any atom is -0.322 e. The second kappa shape index (κ2) is 7.67. The number of halogens is 4. The molecule has 0 atom stereocenters. The van der Waals surface area contributed by atoms with E-state index in [-0.39, 0.29) is 17.8 Å². The van der Waals surface area contributed by atoms with Gasteiger partial charge in [-0.25, -0.2) is 4.39 Å². The van der Waals surface area contributed by atoms with Gasteiger partial charge in [-0.15, -0.1) is 0 Å². The van der Waals surface area contributed by atoms with Crippen LogP contribution in [0.5, 0.6) is 0 Å². The number of alkyl halides is 3. The number of carbonyl (C=O) groups excluding carboxylic acids is 1. The molecule has 3 rings (SSSR count). The Labute approximate surface area is 157 Å². The molecule has 3 aromatic rings. The first kappa shape index (κ1) is 19.3. The van der Waals surface area contributed by atoms with Gasteiger partial charge < -0.3 is 9.88 Å². The van der Waals surface area contributed by atoms with Crippen LogP contribution in [0.1, 0.15) is 21.5 Å². The summed E-state index contributed by atoms with van der Waals surface area (Å²) in [6.07, 6.45) is -3.02. The third-order valence-electron chi connectivity index (χ3n) is 3.98. The molecule has 1 N–H and O–H groups in total. The first-order valence-electron chi connectivity index (χ1n) is 8.16. The molecule has 4 nitrogen and oxygen atoms in total. The minimum atomic E-state index is -4.48. The molecule has 1 heterocycles. The lowest BCUT2D eigenvalue weighted by molar-refractivity contribution is -0.137. The molecular weight excluding hydrogens is 376 g/mol. The zero-order valence-corrected chi connectivity index (χ0v) is 14.3. The van der Waals surface area contributed by atoms with Gasteiger partial charge >= 0.3 is 6.18 Å². The molecule has 8 heteroatoms. The molecule has 0 aliphatic carbocycles. The van der Waals surface area contributed by atoms with Gasteiger partial charge in [0.1, 0.15) is 11.4 Å². The molecule has 0 saturated carbocycles. The van der Waals surface area contributed by atoms with Gasteiger partial charge in [0.2, 0.25) is 0 Å². The smallest absolute Gasteiger partial charge is 0.322 e. The number of hydrogen-bond donors (Lipinski definition) is 1. The van der Waals surface area contributed by atoms with Crippen LogP contribution in [0, 0.1) is 5.82 Å². The molecule has 1 aromatic heterocycles. The van der Waals surface area contributed by atoms with Gasteiger partial charge in [-0.05, 0) is 54.1 Å². The lowest BCUT2D eigenvalue weighted by atomic mass is 10.2. The second-order valence-electron chi connectivity index (χ2n) is 6.01. The van der Waals surface area contributed by atoms with Gasteiger partial charge in [-0.2, -0.15) is 13.2 Å². The maximum Gasteiger partial charge on any atom is 0.416 e. The zero-order chi connectivity index (χ0) is 20.3. The van der Waals surface area contributed by atoms with Crippen LogP contribution in [0.15, 0.2) is 71.7 Å². The summed E-state index contributed by atoms with van der Waals surface area (Å²) in [5, 5.41) is 2.40. The van der Waals surface area contributed by atoms with Crippen molar-refractivity contribution in [3.63, 3.8) is 0 Å². The molecular formula is C20H14F4N2O2. The highest BCUT2D eigenvalue weighted by atomic mass is 19.4. The van der Waals surface area contributed by atoms with E-state index in [0.717, 1.165) is 24.3 Å². The SMILES string of the molecule is O=C(Nc1ccc(C(F)(F)F)cc1)c1cccn(Cc2cccc(F)c2)c1=O. The molecule has 1 amide bonds. The predicted octanol–water partition coefficient (Wildman–Crippen LogP) is 4.31. The fraction of sp³-hybridized carbons (Fsp3) is 0.100. The van der Waals surface area contributed by atoms with Crippen molar-refractivity contribution in [3.8, 4) is 0 Å². The van der Waals surface area contributed by atoms with E-state index in [2.05, 4.69) is 5.32 Å². The maximum atomic E-state index is 13.3. The summed E-state index contributed by atoms with van der Waals surface area (Å²) >= 11 is 0. The number of hydrogen-bond acceptors (Lipinski definition) is 2. The van der Waals surface area contributed by atoms with Crippen molar-refractivity contribution in [2.75, 3.05) is 5.32 Å². The van der Waals surface area contributed by atoms with Crippen LogP contribution in [-0.2, 0) is 12.7 Å². The van der Waals surface area contributed by atoms with E-state index in [4.69, 9.17) is 0 Å². The molecule has 0 aliphatic rings. The number of amides is 1. The molecule has 0 unspecified atom stereocenters. The lowest BCUT2D eigenvalue weighted by Gasteiger charge is -2.10. The predicted molar refractivity (Wildman–Crippen MR) is 95.6 cm³/mol. The third-order valence-corrected chi connectivity index (χ3v) is 3.98. The Morgan fingerprint density at radius 1 is 1.00 bits per heavy atom. The van der Waals surface area contributed by atoms with Crippen LogP contribution < -0.4 is 10.9 Å². The summed E-state index contributed by atoms with van der Waals surface area (Å²) in [4.78, 5) is 24.9. The Bertz CT molecular complexity index is 1060. The lowest BCUT2D eigenvalue weighted by Crippen LogP contribution is -2.29. The molecule has 2 aromatic carbocycles. The first-order valence-corrected chi connectivity index (χ1v) is 8.16. The number of anilines is 1. The van der Waals surface area contributed by atoms with Crippen LogP contribution in [0.2, 0.25) is 0 Å². The quantitative estimate of drug-likeness (QED) is 0.675. The van der Waals surface area contributed by atoms with Gasteiger partial charge in [0.15, 0.2) is 0 Å². The topological polar surface area (TPSA) is 51.1 Å². The number of aromatic nitrogens is 1. The summed E-state index contributed by atoms with van der Waals surface area (Å²) in [5.74, 6) is -1.19. The highest BCUT2D eigenvalue weighted by molar-refractivity contribution is 6.03. The van der Waals surface area contributed by atoms with E-state index in [1.165, 1.54) is 41.1 Å². The van der Waals surface area contributed by atoms with E-state index in [0.29, 0.717) is 5.56 Å². The Balaban J connectivity index is 1.80. The van der Waals surface area contributed by atoms with Crippen molar-refractivity contribution in [2.45, 2.75) is 12.7 Å². The van der Waals surface area contributed by atoms with E-state index >= 15 is 0 Å². The number of carbonyl (C=O) groups is 1. The van der Waals surface area contributed by atoms with Crippen LogP contribution in [0.4, 0.5) is 23.2 Å². The van der Waals surface area contributed by atoms with E-state index < -0.39 is 29.0 Å². The summed E-state index contributed by atoms with van der Waals surface area (Å²) < 4.78 is 52.3. The van der Waals surface area contributed by atoms with Crippen molar-refractivity contribution in [2.24, 2.45) is 0 Å². The van der Waals surface area contributed by atoms with Crippen molar-refractivity contribution < 1.29 is 22.4 Å². The number of nitrogens with zero attached hydrogens (tertiary/aromatic N) is 1. The minimum absolute atomic E-state index is 0.0675. The Morgan fingerprint density at radius 3 is 2.36 bits per heavy atom. The number of rotatable bonds is 4. The molecule has 28 heavy (non-hydrogen) atoms. The summed E-state index contributed by atoms with van der Waals surface area (Å²) in [5.41, 5.74) is -0.960. The van der Waals surface area contributed by atoms with Gasteiger partial charge in [0, 0.05) is 11.9 Å². The Morgan fingerprint density at radius 2 is 1.71 bits per heavy atom. The molecule has 144 valence electrons. The van der Waals surface area contributed by atoms with Crippen molar-refractivity contribution in [1.82, 2.24) is 4.57 Å². The Hall–Kier alpha value is -3.42. The van der Waals surface area contributed by atoms with Crippen LogP contribution >= 0.6 is 0 Å². The monoisotopic (exact) mass is 390 g/mol. The van der Waals surface area contributed by atoms with E-state index in [9.17, 15) is 27.2 Å². The van der Waals surface area contributed by atoms with Crippen molar-refractivity contribution >= 4 is 11.6 Å². The molecule has 0 bridgehead atoms. The summed E-state index contributed by atoms with van der Waals surface area (Å²) in [6.45, 7) is 0.0675. The van der Waals surface area contributed by atoms with Crippen molar-refractivity contribution in [3.05, 3.63) is 99.7 Å². The van der Waals surface area contributed by atoms with Crippen LogP contribution in [-0.4, -0.2) is 10.5 Å². The molecule has 0 aliphatic heterocycles. The number of nitrogens with one attached hydrogen (secondary N) is 1. The fourth-order valence-electron chi connectivity index (χ4n) is 2.61. The van der Waals surface area contributed by atoms with Gasteiger partial charge in [-0.1, -0.05) is 12.1 Å². The van der Waals surface area contributed by atoms with E-state index in [1.54, 1.807) is 6.07 Å². The van der Waals surface area contributed by atoms with Gasteiger partial charge in [-0.3, -0.25) is 9.59 Å². The first-order chi connectivity index (χ1) is 13.2. The molecule has 0 fully saturated rings. The second-order valence-corrected chi connectivity index (χ2v) is 6.01. The average Bonchev–Trinajstić information content (AvgIpc) is 2.63. The number of benzene rings is 2. The van der Waals surface area contributed by atoms with Crippen molar-refractivity contribution in [1.29, 1.82) is 0 Å². The Kier molecular flexibility index (Phi) is 5.30. The van der Waals surface area contributed by atoms with Crippen LogP contribution in [0.25, 0.3) is 0 Å². The molecule has 0 saturated heterocycles. The normalized spacial score (nSPS) is 11.3. The molecule has 0 spiro atoms. The summed E-state index contributed by atoms with van der Waals surface area (Å²) in [6, 6.07) is 12.4. The largest absolute Gasteiger partial charge is 0.416 e. The fourth-order valence-corrected chi connectivity index (χ4v) is 2.61. The highest BCUT2D eigenvalue weighted by Gasteiger charge is 2.30. The average molecular weight is 390 g/mol. The third kappa shape index (κ3) is 4.46. The maximum absolute atomic E-state index is 13.3. The summed E-state index contributed by atoms with van der Waals surface area (Å²) in [7, 11) is 0. The molecule has 0 radical (unpaired) electrons. The zero-order valence-electron chi connectivity index (χ0n) is 14.3. The standard InChI is InChI=1S/C20H14F4N2O2/c21-15-4-1-3-13(11-15)12-26-10-2-5-17(19(26)28)18(27)25-16-8-6-14(7-9-16)20(22,23)24/h1-11H,12H2,(H,25,27). The van der Waals surface area contributed by atoms with Gasteiger partial charge in [0.05, 0.1) is 12.1 Å². The number of pyridine rings is 1. The van der Waals surface area contributed by atoms with Gasteiger partial charge in [0.25, 0.3) is 11.5 Å².